The van der Waals surface area contributed by atoms with E-state index in [9.17, 15) is 18.0 Å². The number of hydrogen-bond acceptors (Lipinski definition) is 4. The molecule has 0 aliphatic carbocycles. The lowest BCUT2D eigenvalue weighted by atomic mass is 10.3. The predicted octanol–water partition coefficient (Wildman–Crippen LogP) is 0.939. The van der Waals surface area contributed by atoms with Gasteiger partial charge in [-0.25, -0.2) is 13.1 Å². The van der Waals surface area contributed by atoms with Crippen molar-refractivity contribution in [3.05, 3.63) is 28.2 Å². The molecule has 1 rings (SSSR count). The second-order valence-electron chi connectivity index (χ2n) is 4.49. The van der Waals surface area contributed by atoms with Gasteiger partial charge in [-0.15, -0.1) is 0 Å². The first-order valence-corrected chi connectivity index (χ1v) is 8.67. The number of carbonyl (C=O) groups is 2. The SMILES string of the molecule is CN(CC(=O)Nc1c(Cl)cccc1Cl)C(=O)CNS(C)(=O)=O. The van der Waals surface area contributed by atoms with Gasteiger partial charge in [0, 0.05) is 7.05 Å². The van der Waals surface area contributed by atoms with Crippen molar-refractivity contribution in [1.29, 1.82) is 0 Å². The standard InChI is InChI=1S/C12H15Cl2N3O4S/c1-17(11(19)6-15-22(2,20)21)7-10(18)16-12-8(13)4-3-5-9(12)14/h3-5,15H,6-7H2,1-2H3,(H,16,18). The number of carbonyl (C=O) groups excluding carboxylic acids is 2. The Morgan fingerprint density at radius 3 is 2.27 bits per heavy atom. The van der Waals surface area contributed by atoms with E-state index in [1.165, 1.54) is 7.05 Å². The fraction of sp³-hybridized carbons (Fsp3) is 0.333. The molecule has 1 aromatic carbocycles. The third-order valence-corrected chi connectivity index (χ3v) is 3.82. The Morgan fingerprint density at radius 2 is 1.77 bits per heavy atom. The molecule has 0 aromatic heterocycles. The highest BCUT2D eigenvalue weighted by Gasteiger charge is 2.16. The molecule has 0 aliphatic heterocycles. The number of rotatable bonds is 6. The Balaban J connectivity index is 2.59. The normalized spacial score (nSPS) is 11.1. The maximum Gasteiger partial charge on any atom is 0.244 e. The van der Waals surface area contributed by atoms with Crippen molar-refractivity contribution < 1.29 is 18.0 Å². The van der Waals surface area contributed by atoms with E-state index >= 15 is 0 Å². The van der Waals surface area contributed by atoms with Gasteiger partial charge in [0.15, 0.2) is 0 Å². The smallest absolute Gasteiger partial charge is 0.244 e. The van der Waals surface area contributed by atoms with Crippen LogP contribution >= 0.6 is 23.2 Å². The van der Waals surface area contributed by atoms with E-state index in [0.29, 0.717) is 0 Å². The molecule has 2 N–H and O–H groups in total. The molecule has 0 spiro atoms. The molecule has 2 amide bonds. The minimum Gasteiger partial charge on any atom is -0.335 e. The summed E-state index contributed by atoms with van der Waals surface area (Å²) in [5.41, 5.74) is 0.256. The van der Waals surface area contributed by atoms with Gasteiger partial charge in [-0.1, -0.05) is 29.3 Å². The minimum absolute atomic E-state index is 0.256. The fourth-order valence-electron chi connectivity index (χ4n) is 1.43. The Kier molecular flexibility index (Phi) is 6.61. The summed E-state index contributed by atoms with van der Waals surface area (Å²) in [6.45, 7) is -0.693. The second-order valence-corrected chi connectivity index (χ2v) is 7.14. The fourth-order valence-corrected chi connectivity index (χ4v) is 2.31. The van der Waals surface area contributed by atoms with Crippen LogP contribution < -0.4 is 10.0 Å². The average molecular weight is 368 g/mol. The monoisotopic (exact) mass is 367 g/mol. The molecule has 122 valence electrons. The topological polar surface area (TPSA) is 95.6 Å². The van der Waals surface area contributed by atoms with Gasteiger partial charge >= 0.3 is 0 Å². The van der Waals surface area contributed by atoms with Crippen LogP contribution in [0.1, 0.15) is 0 Å². The molecule has 0 saturated carbocycles. The van der Waals surface area contributed by atoms with Crippen LogP contribution in [0.2, 0.25) is 10.0 Å². The lowest BCUT2D eigenvalue weighted by molar-refractivity contribution is -0.132. The molecular formula is C12H15Cl2N3O4S. The van der Waals surface area contributed by atoms with Crippen LogP contribution in [0.25, 0.3) is 0 Å². The van der Waals surface area contributed by atoms with E-state index < -0.39 is 28.4 Å². The van der Waals surface area contributed by atoms with Gasteiger partial charge in [-0.05, 0) is 12.1 Å². The highest BCUT2D eigenvalue weighted by atomic mass is 35.5. The summed E-state index contributed by atoms with van der Waals surface area (Å²) in [6.07, 6.45) is 0.937. The van der Waals surface area contributed by atoms with Crippen molar-refractivity contribution in [2.24, 2.45) is 0 Å². The van der Waals surface area contributed by atoms with Crippen LogP contribution in [0.4, 0.5) is 5.69 Å². The van der Waals surface area contributed by atoms with Crippen molar-refractivity contribution in [2.75, 3.05) is 31.7 Å². The molecule has 0 heterocycles. The number of amides is 2. The second kappa shape index (κ2) is 7.77. The van der Waals surface area contributed by atoms with E-state index in [1.807, 2.05) is 0 Å². The predicted molar refractivity (Wildman–Crippen MR) is 85.6 cm³/mol. The van der Waals surface area contributed by atoms with Gasteiger partial charge < -0.3 is 10.2 Å². The molecular weight excluding hydrogens is 353 g/mol. The molecule has 22 heavy (non-hydrogen) atoms. The van der Waals surface area contributed by atoms with Gasteiger partial charge in [0.1, 0.15) is 0 Å². The van der Waals surface area contributed by atoms with Gasteiger partial charge in [0.2, 0.25) is 21.8 Å². The van der Waals surface area contributed by atoms with Gasteiger partial charge in [-0.3, -0.25) is 9.59 Å². The lowest BCUT2D eigenvalue weighted by Crippen LogP contribution is -2.41. The van der Waals surface area contributed by atoms with Crippen LogP contribution in [-0.2, 0) is 19.6 Å². The Hall–Kier alpha value is -1.35. The van der Waals surface area contributed by atoms with Crippen molar-refractivity contribution >= 4 is 50.7 Å². The lowest BCUT2D eigenvalue weighted by Gasteiger charge is -2.17. The van der Waals surface area contributed by atoms with Crippen LogP contribution in [-0.4, -0.2) is 51.5 Å². The molecule has 0 saturated heterocycles. The van der Waals surface area contributed by atoms with Crippen LogP contribution in [0.3, 0.4) is 0 Å². The van der Waals surface area contributed by atoms with Gasteiger partial charge in [-0.2, -0.15) is 0 Å². The van der Waals surface area contributed by atoms with Gasteiger partial charge in [0.05, 0.1) is 35.1 Å². The van der Waals surface area contributed by atoms with Crippen molar-refractivity contribution in [2.45, 2.75) is 0 Å². The van der Waals surface area contributed by atoms with E-state index in [2.05, 4.69) is 10.0 Å². The highest BCUT2D eigenvalue weighted by Crippen LogP contribution is 2.29. The van der Waals surface area contributed by atoms with Crippen molar-refractivity contribution in [1.82, 2.24) is 9.62 Å². The summed E-state index contributed by atoms with van der Waals surface area (Å²) in [5.74, 6) is -1.06. The maximum absolute atomic E-state index is 11.9. The summed E-state index contributed by atoms with van der Waals surface area (Å²) >= 11 is 11.8. The van der Waals surface area contributed by atoms with E-state index in [-0.39, 0.29) is 22.3 Å². The maximum atomic E-state index is 11.9. The summed E-state index contributed by atoms with van der Waals surface area (Å²) < 4.78 is 23.9. The third-order valence-electron chi connectivity index (χ3n) is 2.52. The quantitative estimate of drug-likeness (QED) is 0.781. The summed E-state index contributed by atoms with van der Waals surface area (Å²) in [6, 6.07) is 4.76. The Morgan fingerprint density at radius 1 is 1.23 bits per heavy atom. The van der Waals surface area contributed by atoms with Crippen molar-refractivity contribution in [3.8, 4) is 0 Å². The molecule has 0 atom stereocenters. The number of halogens is 2. The van der Waals surface area contributed by atoms with Crippen LogP contribution in [0.5, 0.6) is 0 Å². The first-order chi connectivity index (χ1) is 10.1. The van der Waals surface area contributed by atoms with Crippen LogP contribution in [0.15, 0.2) is 18.2 Å². The summed E-state index contributed by atoms with van der Waals surface area (Å²) in [5, 5.41) is 3.04. The average Bonchev–Trinajstić information content (AvgIpc) is 2.39. The molecule has 10 heteroatoms. The zero-order valence-corrected chi connectivity index (χ0v) is 14.2. The molecule has 0 fully saturated rings. The third kappa shape index (κ3) is 6.18. The number of hydrogen-bond donors (Lipinski definition) is 2. The number of benzene rings is 1. The van der Waals surface area contributed by atoms with Crippen LogP contribution in [0, 0.1) is 0 Å². The molecule has 0 bridgehead atoms. The molecule has 7 nitrogen and oxygen atoms in total. The van der Waals surface area contributed by atoms with E-state index in [0.717, 1.165) is 11.2 Å². The first-order valence-electron chi connectivity index (χ1n) is 6.02. The van der Waals surface area contributed by atoms with E-state index in [4.69, 9.17) is 23.2 Å². The Labute approximate surface area is 138 Å². The molecule has 0 aliphatic rings. The summed E-state index contributed by atoms with van der Waals surface area (Å²) in [7, 11) is -2.10. The number of sulfonamides is 1. The van der Waals surface area contributed by atoms with Crippen molar-refractivity contribution in [3.63, 3.8) is 0 Å². The number of likely N-dealkylation sites (N-methyl/N-ethyl adjacent to an activating group) is 1. The van der Waals surface area contributed by atoms with E-state index in [1.54, 1.807) is 18.2 Å². The highest BCUT2D eigenvalue weighted by molar-refractivity contribution is 7.88. The molecule has 0 unspecified atom stereocenters. The zero-order valence-electron chi connectivity index (χ0n) is 11.9. The summed E-state index contributed by atoms with van der Waals surface area (Å²) in [4.78, 5) is 24.6. The largest absolute Gasteiger partial charge is 0.335 e. The molecule has 0 radical (unpaired) electrons. The first kappa shape index (κ1) is 18.7. The number of anilines is 1. The van der Waals surface area contributed by atoms with Gasteiger partial charge in [0.25, 0.3) is 0 Å². The Bertz CT molecular complexity index is 659. The number of nitrogens with zero attached hydrogens (tertiary/aromatic N) is 1. The number of para-hydroxylation sites is 1. The minimum atomic E-state index is -3.47. The number of nitrogens with one attached hydrogen (secondary N) is 2. The zero-order chi connectivity index (χ0) is 16.9. The molecule has 1 aromatic rings.